The van der Waals surface area contributed by atoms with Crippen LogP contribution in [-0.4, -0.2) is 41.9 Å². The molecule has 0 spiro atoms. The number of fused-ring (bicyclic) bond motifs is 1. The van der Waals surface area contributed by atoms with E-state index in [1.54, 1.807) is 11.6 Å². The Hall–Kier alpha value is -1.91. The number of amides is 1. The molecule has 0 radical (unpaired) electrons. The van der Waals surface area contributed by atoms with Crippen molar-refractivity contribution in [2.45, 2.75) is 46.1 Å². The van der Waals surface area contributed by atoms with Crippen LogP contribution in [0.2, 0.25) is 0 Å². The molecular weight excluding hydrogens is 405 g/mol. The van der Waals surface area contributed by atoms with E-state index in [1.165, 1.54) is 4.90 Å². The highest BCUT2D eigenvalue weighted by Crippen LogP contribution is 2.32. The largest absolute Gasteiger partial charge is 0.451 e. The zero-order valence-corrected chi connectivity index (χ0v) is 15.4. The van der Waals surface area contributed by atoms with Crippen LogP contribution in [0.4, 0.5) is 13.2 Å². The highest BCUT2D eigenvalue weighted by molar-refractivity contribution is 9.10. The fourth-order valence-corrected chi connectivity index (χ4v) is 3.27. The number of rotatable bonds is 2. The Morgan fingerprint density at radius 1 is 1.28 bits per heavy atom. The van der Waals surface area contributed by atoms with Crippen LogP contribution in [0.5, 0.6) is 0 Å². The maximum atomic E-state index is 12.9. The molecule has 25 heavy (non-hydrogen) atoms. The topological polar surface area (TPSA) is 68.8 Å². The van der Waals surface area contributed by atoms with Crippen molar-refractivity contribution in [1.82, 2.24) is 29.4 Å². The van der Waals surface area contributed by atoms with E-state index in [-0.39, 0.29) is 31.4 Å². The standard InChI is InChI=1S/C14H16BrF3N6O/c1-7-11(15)8(2)24(21-7)6-10(25)22-4-5-23-12(9(22)3)19-20-13(23)14(16,17)18/h9H,4-6H2,1-3H3. The zero-order valence-electron chi connectivity index (χ0n) is 13.8. The average Bonchev–Trinajstić information content (AvgIpc) is 3.06. The summed E-state index contributed by atoms with van der Waals surface area (Å²) in [6.07, 6.45) is -4.56. The minimum atomic E-state index is -4.56. The van der Waals surface area contributed by atoms with Crippen molar-refractivity contribution in [3.63, 3.8) is 0 Å². The third-order valence-corrected chi connectivity index (χ3v) is 5.48. The van der Waals surface area contributed by atoms with Crippen LogP contribution in [-0.2, 0) is 24.1 Å². The predicted octanol–water partition coefficient (Wildman–Crippen LogP) is 2.48. The lowest BCUT2D eigenvalue weighted by molar-refractivity contribution is -0.148. The number of aryl methyl sites for hydroxylation is 1. The summed E-state index contributed by atoms with van der Waals surface area (Å²) < 4.78 is 42.3. The lowest BCUT2D eigenvalue weighted by atomic mass is 10.2. The number of halogens is 4. The molecule has 1 unspecified atom stereocenters. The Labute approximate surface area is 149 Å². The molecule has 136 valence electrons. The molecule has 3 rings (SSSR count). The van der Waals surface area contributed by atoms with Gasteiger partial charge in [-0.2, -0.15) is 18.3 Å². The summed E-state index contributed by atoms with van der Waals surface area (Å²) in [5, 5.41) is 11.2. The quantitative estimate of drug-likeness (QED) is 0.748. The summed E-state index contributed by atoms with van der Waals surface area (Å²) in [6, 6.07) is -0.592. The molecule has 2 aromatic rings. The fraction of sp³-hybridized carbons (Fsp3) is 0.571. The first-order chi connectivity index (χ1) is 11.6. The van der Waals surface area contributed by atoms with Crippen molar-refractivity contribution >= 4 is 21.8 Å². The first kappa shape index (κ1) is 17.9. The van der Waals surface area contributed by atoms with Crippen LogP contribution in [0.15, 0.2) is 4.47 Å². The summed E-state index contributed by atoms with van der Waals surface area (Å²) in [7, 11) is 0. The Kier molecular flexibility index (Phi) is 4.38. The van der Waals surface area contributed by atoms with Gasteiger partial charge in [-0.25, -0.2) is 0 Å². The monoisotopic (exact) mass is 420 g/mol. The molecule has 3 heterocycles. The van der Waals surface area contributed by atoms with E-state index in [4.69, 9.17) is 0 Å². The molecule has 0 aromatic carbocycles. The van der Waals surface area contributed by atoms with Crippen molar-refractivity contribution in [3.05, 3.63) is 27.5 Å². The van der Waals surface area contributed by atoms with E-state index in [0.29, 0.717) is 0 Å². The Morgan fingerprint density at radius 2 is 1.96 bits per heavy atom. The number of hydrogen-bond donors (Lipinski definition) is 0. The van der Waals surface area contributed by atoms with E-state index >= 15 is 0 Å². The van der Waals surface area contributed by atoms with Gasteiger partial charge in [-0.3, -0.25) is 9.48 Å². The van der Waals surface area contributed by atoms with Crippen molar-refractivity contribution in [3.8, 4) is 0 Å². The second-order valence-corrected chi connectivity index (χ2v) is 6.73. The molecule has 0 bridgehead atoms. The van der Waals surface area contributed by atoms with Gasteiger partial charge in [0.2, 0.25) is 11.7 Å². The summed E-state index contributed by atoms with van der Waals surface area (Å²) in [5.74, 6) is -1.11. The minimum absolute atomic E-state index is 0.00800. The number of aromatic nitrogens is 5. The second kappa shape index (κ2) is 6.11. The first-order valence-corrected chi connectivity index (χ1v) is 8.39. The molecule has 1 atom stereocenters. The van der Waals surface area contributed by atoms with E-state index in [9.17, 15) is 18.0 Å². The average molecular weight is 421 g/mol. The fourth-order valence-electron chi connectivity index (χ4n) is 2.98. The lowest BCUT2D eigenvalue weighted by Gasteiger charge is -2.33. The zero-order chi connectivity index (χ0) is 18.5. The highest BCUT2D eigenvalue weighted by atomic mass is 79.9. The van der Waals surface area contributed by atoms with Gasteiger partial charge in [-0.1, -0.05) is 0 Å². The van der Waals surface area contributed by atoms with Crippen molar-refractivity contribution in [1.29, 1.82) is 0 Å². The molecule has 0 fully saturated rings. The molecule has 2 aromatic heterocycles. The lowest BCUT2D eigenvalue weighted by Crippen LogP contribution is -2.43. The highest BCUT2D eigenvalue weighted by Gasteiger charge is 2.41. The Balaban J connectivity index is 1.82. The molecule has 0 saturated carbocycles. The summed E-state index contributed by atoms with van der Waals surface area (Å²) in [5.41, 5.74) is 1.59. The van der Waals surface area contributed by atoms with Gasteiger partial charge < -0.3 is 9.47 Å². The van der Waals surface area contributed by atoms with E-state index < -0.39 is 18.0 Å². The summed E-state index contributed by atoms with van der Waals surface area (Å²) in [6.45, 7) is 5.49. The van der Waals surface area contributed by atoms with Gasteiger partial charge in [0, 0.05) is 13.1 Å². The van der Waals surface area contributed by atoms with Gasteiger partial charge in [0.1, 0.15) is 6.54 Å². The molecule has 0 saturated heterocycles. The Bertz CT molecular complexity index is 827. The van der Waals surface area contributed by atoms with E-state index in [1.807, 2.05) is 13.8 Å². The molecular formula is C14H16BrF3N6O. The van der Waals surface area contributed by atoms with Gasteiger partial charge in [0.15, 0.2) is 5.82 Å². The van der Waals surface area contributed by atoms with Crippen LogP contribution in [0.3, 0.4) is 0 Å². The van der Waals surface area contributed by atoms with Gasteiger partial charge in [0.25, 0.3) is 0 Å². The molecule has 7 nitrogen and oxygen atoms in total. The molecule has 1 amide bonds. The van der Waals surface area contributed by atoms with Gasteiger partial charge in [-0.15, -0.1) is 10.2 Å². The maximum Gasteiger partial charge on any atom is 0.451 e. The van der Waals surface area contributed by atoms with Gasteiger partial charge >= 0.3 is 6.18 Å². The van der Waals surface area contributed by atoms with Crippen LogP contribution < -0.4 is 0 Å². The van der Waals surface area contributed by atoms with E-state index in [0.717, 1.165) is 20.4 Å². The van der Waals surface area contributed by atoms with Gasteiger partial charge in [0.05, 0.1) is 21.9 Å². The third kappa shape index (κ3) is 3.05. The number of nitrogens with zero attached hydrogens (tertiary/aromatic N) is 6. The first-order valence-electron chi connectivity index (χ1n) is 7.60. The van der Waals surface area contributed by atoms with Crippen LogP contribution >= 0.6 is 15.9 Å². The molecule has 11 heteroatoms. The third-order valence-electron chi connectivity index (χ3n) is 4.34. The minimum Gasteiger partial charge on any atom is -0.329 e. The van der Waals surface area contributed by atoms with Crippen molar-refractivity contribution in [2.75, 3.05) is 6.54 Å². The number of carbonyl (C=O) groups is 1. The number of hydrogen-bond acceptors (Lipinski definition) is 4. The molecule has 1 aliphatic heterocycles. The van der Waals surface area contributed by atoms with Gasteiger partial charge in [-0.05, 0) is 36.7 Å². The summed E-state index contributed by atoms with van der Waals surface area (Å²) >= 11 is 3.40. The SMILES string of the molecule is Cc1nn(CC(=O)N2CCn3c(nnc3C(F)(F)F)C2C)c(C)c1Br. The normalized spacial score (nSPS) is 17.7. The predicted molar refractivity (Wildman–Crippen MR) is 84.6 cm³/mol. The molecule has 1 aliphatic rings. The smallest absolute Gasteiger partial charge is 0.329 e. The second-order valence-electron chi connectivity index (χ2n) is 5.94. The number of carbonyl (C=O) groups excluding carboxylic acids is 1. The Morgan fingerprint density at radius 3 is 2.52 bits per heavy atom. The molecule has 0 N–H and O–H groups in total. The van der Waals surface area contributed by atoms with E-state index in [2.05, 4.69) is 31.2 Å². The van der Waals surface area contributed by atoms with Crippen LogP contribution in [0, 0.1) is 13.8 Å². The number of alkyl halides is 3. The maximum absolute atomic E-state index is 12.9. The van der Waals surface area contributed by atoms with Crippen LogP contribution in [0.25, 0.3) is 0 Å². The molecule has 0 aliphatic carbocycles. The summed E-state index contributed by atoms with van der Waals surface area (Å²) in [4.78, 5) is 14.1. The van der Waals surface area contributed by atoms with Crippen molar-refractivity contribution < 1.29 is 18.0 Å². The van der Waals surface area contributed by atoms with Crippen molar-refractivity contribution in [2.24, 2.45) is 0 Å². The van der Waals surface area contributed by atoms with Crippen LogP contribution in [0.1, 0.15) is 36.0 Å².